The Morgan fingerprint density at radius 1 is 1.21 bits per heavy atom. The molecule has 7 heteroatoms. The maximum Gasteiger partial charge on any atom is 0.257 e. The minimum atomic E-state index is -1.13. The molecule has 0 aromatic carbocycles. The number of H-pyrrole nitrogens is 1. The van der Waals surface area contributed by atoms with Crippen LogP contribution in [0.5, 0.6) is 5.75 Å². The first-order valence-electron chi connectivity index (χ1n) is 12.7. The molecule has 190 valence electrons. The number of ketones is 1. The van der Waals surface area contributed by atoms with Crippen LogP contribution in [0.2, 0.25) is 0 Å². The lowest BCUT2D eigenvalue weighted by atomic mass is 9.78. The maximum atomic E-state index is 12.8. The van der Waals surface area contributed by atoms with Crippen molar-refractivity contribution in [2.24, 2.45) is 17.8 Å². The van der Waals surface area contributed by atoms with Gasteiger partial charge in [0.15, 0.2) is 0 Å². The number of allylic oxidation sites excluding steroid dienone is 1. The molecule has 0 amide bonds. The van der Waals surface area contributed by atoms with Gasteiger partial charge in [0.05, 0.1) is 30.0 Å². The largest absolute Gasteiger partial charge is 0.507 e. The first-order chi connectivity index (χ1) is 16.0. The van der Waals surface area contributed by atoms with E-state index in [9.17, 15) is 24.9 Å². The molecule has 7 nitrogen and oxygen atoms in total. The average Bonchev–Trinajstić information content (AvgIpc) is 2.75. The summed E-state index contributed by atoms with van der Waals surface area (Å²) in [5, 5.41) is 32.0. The van der Waals surface area contributed by atoms with Gasteiger partial charge in [-0.15, -0.1) is 0 Å². The van der Waals surface area contributed by atoms with Crippen molar-refractivity contribution in [1.82, 2.24) is 4.98 Å². The summed E-state index contributed by atoms with van der Waals surface area (Å²) in [5.41, 5.74) is 1.07. The number of aromatic nitrogens is 1. The number of aromatic amines is 1. The summed E-state index contributed by atoms with van der Waals surface area (Å²) in [6, 6.07) is 0. The van der Waals surface area contributed by atoms with Crippen molar-refractivity contribution in [3.8, 4) is 5.75 Å². The summed E-state index contributed by atoms with van der Waals surface area (Å²) in [6.07, 6.45) is 4.08. The fourth-order valence-corrected chi connectivity index (χ4v) is 5.71. The topological polar surface area (TPSA) is 120 Å². The first-order valence-corrected chi connectivity index (χ1v) is 12.7. The van der Waals surface area contributed by atoms with Gasteiger partial charge < -0.3 is 25.0 Å². The average molecular weight is 476 g/mol. The first kappa shape index (κ1) is 26.6. The number of hydrogen-bond donors (Lipinski definition) is 4. The van der Waals surface area contributed by atoms with E-state index in [4.69, 9.17) is 4.74 Å². The number of aliphatic hydroxyl groups excluding tert-OH is 2. The molecule has 1 aromatic rings. The van der Waals surface area contributed by atoms with Crippen LogP contribution in [-0.4, -0.2) is 44.4 Å². The van der Waals surface area contributed by atoms with Crippen LogP contribution in [-0.2, 0) is 9.53 Å². The van der Waals surface area contributed by atoms with Gasteiger partial charge in [-0.3, -0.25) is 9.59 Å². The highest BCUT2D eigenvalue weighted by molar-refractivity contribution is 5.81. The van der Waals surface area contributed by atoms with Crippen LogP contribution in [0.15, 0.2) is 22.6 Å². The zero-order valence-corrected chi connectivity index (χ0v) is 21.1. The van der Waals surface area contributed by atoms with Crippen molar-refractivity contribution in [2.45, 2.75) is 103 Å². The molecule has 34 heavy (non-hydrogen) atoms. The Morgan fingerprint density at radius 2 is 1.85 bits per heavy atom. The Balaban J connectivity index is 1.87. The Labute approximate surface area is 202 Å². The zero-order valence-electron chi connectivity index (χ0n) is 21.1. The molecule has 1 aliphatic carbocycles. The molecule has 0 radical (unpaired) electrons. The number of carbonyl (C=O) groups excluding carboxylic acids is 1. The third kappa shape index (κ3) is 5.81. The van der Waals surface area contributed by atoms with Gasteiger partial charge in [-0.2, -0.15) is 0 Å². The van der Waals surface area contributed by atoms with Gasteiger partial charge in [-0.25, -0.2) is 0 Å². The van der Waals surface area contributed by atoms with Crippen LogP contribution in [0.3, 0.4) is 0 Å². The monoisotopic (exact) mass is 475 g/mol. The van der Waals surface area contributed by atoms with E-state index in [0.717, 1.165) is 24.8 Å². The highest BCUT2D eigenvalue weighted by atomic mass is 16.5. The number of rotatable bonds is 7. The third-order valence-electron chi connectivity index (χ3n) is 7.69. The summed E-state index contributed by atoms with van der Waals surface area (Å²) in [5.74, 6) is 0.0121. The van der Waals surface area contributed by atoms with E-state index >= 15 is 0 Å². The van der Waals surface area contributed by atoms with Crippen LogP contribution in [0.25, 0.3) is 0 Å². The molecule has 4 N–H and O–H groups in total. The normalized spacial score (nSPS) is 30.9. The molecule has 1 aliphatic heterocycles. The van der Waals surface area contributed by atoms with Crippen molar-refractivity contribution in [1.29, 1.82) is 0 Å². The van der Waals surface area contributed by atoms with E-state index in [2.05, 4.69) is 45.7 Å². The molecule has 1 aromatic heterocycles. The molecule has 2 aliphatic rings. The Bertz CT molecular complexity index is 939. The number of aromatic hydroxyl groups is 1. The molecule has 2 heterocycles. The lowest BCUT2D eigenvalue weighted by Crippen LogP contribution is -2.39. The van der Waals surface area contributed by atoms with Gasteiger partial charge in [0.1, 0.15) is 11.5 Å². The van der Waals surface area contributed by atoms with Gasteiger partial charge in [-0.1, -0.05) is 40.2 Å². The smallest absolute Gasteiger partial charge is 0.257 e. The predicted octanol–water partition coefficient (Wildman–Crippen LogP) is 4.12. The van der Waals surface area contributed by atoms with Gasteiger partial charge in [-0.05, 0) is 49.5 Å². The summed E-state index contributed by atoms with van der Waals surface area (Å²) < 4.78 is 6.43. The Hall–Kier alpha value is -1.96. The number of carbonyl (C=O) groups is 1. The van der Waals surface area contributed by atoms with Crippen LogP contribution in [0.1, 0.15) is 96.3 Å². The second-order valence-corrected chi connectivity index (χ2v) is 10.7. The van der Waals surface area contributed by atoms with Crippen molar-refractivity contribution >= 4 is 5.78 Å². The summed E-state index contributed by atoms with van der Waals surface area (Å²) in [7, 11) is 0. The second kappa shape index (κ2) is 11.2. The molecule has 3 rings (SSSR count). The van der Waals surface area contributed by atoms with Gasteiger partial charge in [0.2, 0.25) is 0 Å². The summed E-state index contributed by atoms with van der Waals surface area (Å²) in [6.45, 7) is 10.9. The lowest BCUT2D eigenvalue weighted by molar-refractivity contribution is -0.128. The number of aliphatic hydroxyl groups is 2. The number of hydrogen-bond acceptors (Lipinski definition) is 6. The molecule has 4 unspecified atom stereocenters. The molecule has 0 spiro atoms. The standard InChI is InChI=1S/C27H41NO6/c1-6-14(2)9-15(3)10-17(5)26-16(4)7-8-22(34-26)24-25(32)19(13-28-27(24)33)23-20(30)11-18(29)12-21(23)31/h10,13-16,20-23,26,30-31H,6-9,11-12H2,1-5H3,(H2,28,32,33)/b17-10+/t14?,15?,16?,20-,21-,22?,26-/m1/s1. The van der Waals surface area contributed by atoms with E-state index in [1.165, 1.54) is 6.20 Å². The van der Waals surface area contributed by atoms with Gasteiger partial charge >= 0.3 is 0 Å². The van der Waals surface area contributed by atoms with Gasteiger partial charge in [0.25, 0.3) is 5.56 Å². The van der Waals surface area contributed by atoms with E-state index in [-0.39, 0.29) is 47.5 Å². The quantitative estimate of drug-likeness (QED) is 0.440. The summed E-state index contributed by atoms with van der Waals surface area (Å²) >= 11 is 0. The molecule has 7 atom stereocenters. The predicted molar refractivity (Wildman–Crippen MR) is 131 cm³/mol. The Kier molecular flexibility index (Phi) is 8.77. The molecule has 1 saturated carbocycles. The SMILES string of the molecule is CCC(C)CC(C)/C=C(\C)[C@@H]1OC(c2c(O)c(C3[C@H](O)CC(=O)C[C@H]3O)c[nH]c2=O)CCC1C. The van der Waals surface area contributed by atoms with Crippen LogP contribution < -0.4 is 5.56 Å². The molecule has 2 fully saturated rings. The lowest BCUT2D eigenvalue weighted by Gasteiger charge is -2.37. The van der Waals surface area contributed by atoms with Crippen molar-refractivity contribution in [3.05, 3.63) is 39.3 Å². The van der Waals surface area contributed by atoms with Crippen LogP contribution >= 0.6 is 0 Å². The number of pyridine rings is 1. The van der Waals surface area contributed by atoms with Crippen LogP contribution in [0, 0.1) is 17.8 Å². The molecule has 0 bridgehead atoms. The van der Waals surface area contributed by atoms with Crippen molar-refractivity contribution in [2.75, 3.05) is 0 Å². The van der Waals surface area contributed by atoms with E-state index in [1.54, 1.807) is 0 Å². The highest BCUT2D eigenvalue weighted by Gasteiger charge is 2.40. The van der Waals surface area contributed by atoms with E-state index in [0.29, 0.717) is 18.3 Å². The zero-order chi connectivity index (χ0) is 25.2. The van der Waals surface area contributed by atoms with Gasteiger partial charge in [0, 0.05) is 30.5 Å². The number of ether oxygens (including phenoxy) is 1. The summed E-state index contributed by atoms with van der Waals surface area (Å²) in [4.78, 5) is 27.2. The Morgan fingerprint density at radius 3 is 2.47 bits per heavy atom. The minimum Gasteiger partial charge on any atom is -0.507 e. The minimum absolute atomic E-state index is 0.0893. The van der Waals surface area contributed by atoms with Crippen molar-refractivity contribution in [3.63, 3.8) is 0 Å². The van der Waals surface area contributed by atoms with Crippen molar-refractivity contribution < 1.29 is 24.9 Å². The van der Waals surface area contributed by atoms with E-state index < -0.39 is 29.8 Å². The number of nitrogens with one attached hydrogen (secondary N) is 1. The maximum absolute atomic E-state index is 12.8. The second-order valence-electron chi connectivity index (χ2n) is 10.7. The molecular weight excluding hydrogens is 434 g/mol. The third-order valence-corrected chi connectivity index (χ3v) is 7.69. The highest BCUT2D eigenvalue weighted by Crippen LogP contribution is 2.43. The van der Waals surface area contributed by atoms with E-state index in [1.807, 2.05) is 0 Å². The fraction of sp³-hybridized carbons (Fsp3) is 0.704. The van der Waals surface area contributed by atoms with Crippen LogP contribution in [0.4, 0.5) is 0 Å². The molecule has 1 saturated heterocycles. The molecular formula is C27H41NO6. The fourth-order valence-electron chi connectivity index (χ4n) is 5.71. The number of Topliss-reactive ketones (excluding diaryl/α,β-unsaturated/α-hetero) is 1.